The SMILES string of the molecule is CC1=C(C(=O)Nc2ccc(F)c(F)c2)[C@H](c2ccc(F)cc2F)NC(=O)N1C. The Hall–Kier alpha value is -3.36. The molecule has 0 aliphatic carbocycles. The summed E-state index contributed by atoms with van der Waals surface area (Å²) in [6.45, 7) is 1.48. The molecule has 1 heterocycles. The molecule has 0 saturated heterocycles. The summed E-state index contributed by atoms with van der Waals surface area (Å²) in [7, 11) is 1.41. The number of nitrogens with one attached hydrogen (secondary N) is 2. The monoisotopic (exact) mass is 393 g/mol. The molecule has 1 aliphatic rings. The molecule has 2 aromatic rings. The Morgan fingerprint density at radius 2 is 1.75 bits per heavy atom. The van der Waals surface area contributed by atoms with E-state index in [1.165, 1.54) is 14.0 Å². The number of hydrogen-bond donors (Lipinski definition) is 2. The van der Waals surface area contributed by atoms with E-state index in [9.17, 15) is 27.2 Å². The van der Waals surface area contributed by atoms with Gasteiger partial charge in [0.05, 0.1) is 11.6 Å². The first-order chi connectivity index (χ1) is 13.2. The summed E-state index contributed by atoms with van der Waals surface area (Å²) < 4.78 is 54.0. The molecule has 0 aromatic heterocycles. The Bertz CT molecular complexity index is 1010. The largest absolute Gasteiger partial charge is 0.326 e. The van der Waals surface area contributed by atoms with Crippen molar-refractivity contribution in [2.45, 2.75) is 13.0 Å². The van der Waals surface area contributed by atoms with Crippen LogP contribution in [0.25, 0.3) is 0 Å². The first kappa shape index (κ1) is 19.4. The average molecular weight is 393 g/mol. The lowest BCUT2D eigenvalue weighted by molar-refractivity contribution is -0.113. The van der Waals surface area contributed by atoms with E-state index in [-0.39, 0.29) is 22.5 Å². The lowest BCUT2D eigenvalue weighted by Crippen LogP contribution is -2.47. The van der Waals surface area contributed by atoms with Crippen molar-refractivity contribution in [2.75, 3.05) is 12.4 Å². The second-order valence-electron chi connectivity index (χ2n) is 6.19. The molecule has 0 bridgehead atoms. The predicted octanol–water partition coefficient (Wildman–Crippen LogP) is 3.85. The highest BCUT2D eigenvalue weighted by Gasteiger charge is 2.35. The van der Waals surface area contributed by atoms with Crippen LogP contribution in [-0.2, 0) is 4.79 Å². The summed E-state index contributed by atoms with van der Waals surface area (Å²) in [5.41, 5.74) is 0.0506. The van der Waals surface area contributed by atoms with Crippen molar-refractivity contribution in [1.29, 1.82) is 0 Å². The normalized spacial score (nSPS) is 16.9. The minimum atomic E-state index is -1.20. The number of anilines is 1. The molecule has 0 fully saturated rings. The van der Waals surface area contributed by atoms with Gasteiger partial charge < -0.3 is 15.5 Å². The Morgan fingerprint density at radius 1 is 1.04 bits per heavy atom. The Kier molecular flexibility index (Phi) is 5.08. The highest BCUT2D eigenvalue weighted by atomic mass is 19.2. The maximum atomic E-state index is 14.3. The van der Waals surface area contributed by atoms with E-state index in [4.69, 9.17) is 0 Å². The summed E-state index contributed by atoms with van der Waals surface area (Å²) in [4.78, 5) is 26.1. The summed E-state index contributed by atoms with van der Waals surface area (Å²) in [5, 5.41) is 4.88. The van der Waals surface area contributed by atoms with E-state index in [1.54, 1.807) is 0 Å². The number of benzene rings is 2. The van der Waals surface area contributed by atoms with Crippen LogP contribution in [0.2, 0.25) is 0 Å². The van der Waals surface area contributed by atoms with Gasteiger partial charge in [-0.3, -0.25) is 4.79 Å². The predicted molar refractivity (Wildman–Crippen MR) is 93.1 cm³/mol. The second-order valence-corrected chi connectivity index (χ2v) is 6.19. The zero-order valence-electron chi connectivity index (χ0n) is 14.8. The van der Waals surface area contributed by atoms with Gasteiger partial charge in [-0.05, 0) is 25.1 Å². The Balaban J connectivity index is 2.03. The fourth-order valence-corrected chi connectivity index (χ4v) is 2.87. The summed E-state index contributed by atoms with van der Waals surface area (Å²) in [5.74, 6) is -4.75. The molecule has 1 atom stereocenters. The molecule has 2 aromatic carbocycles. The van der Waals surface area contributed by atoms with Gasteiger partial charge in [0, 0.05) is 36.1 Å². The van der Waals surface area contributed by atoms with E-state index in [0.29, 0.717) is 6.07 Å². The number of halogens is 4. The van der Waals surface area contributed by atoms with Gasteiger partial charge in [-0.2, -0.15) is 0 Å². The Morgan fingerprint density at radius 3 is 2.39 bits per heavy atom. The summed E-state index contributed by atoms with van der Waals surface area (Å²) >= 11 is 0. The van der Waals surface area contributed by atoms with Gasteiger partial charge in [0.25, 0.3) is 5.91 Å². The lowest BCUT2D eigenvalue weighted by Gasteiger charge is -2.33. The molecule has 0 saturated carbocycles. The quantitative estimate of drug-likeness (QED) is 0.779. The smallest absolute Gasteiger partial charge is 0.322 e. The third kappa shape index (κ3) is 3.55. The first-order valence-electron chi connectivity index (χ1n) is 8.15. The third-order valence-electron chi connectivity index (χ3n) is 4.45. The van der Waals surface area contributed by atoms with Crippen molar-refractivity contribution in [3.63, 3.8) is 0 Å². The van der Waals surface area contributed by atoms with Gasteiger partial charge in [-0.25, -0.2) is 22.4 Å². The van der Waals surface area contributed by atoms with Crippen molar-refractivity contribution in [2.24, 2.45) is 0 Å². The van der Waals surface area contributed by atoms with Gasteiger partial charge in [-0.15, -0.1) is 0 Å². The van der Waals surface area contributed by atoms with E-state index in [1.807, 2.05) is 0 Å². The van der Waals surface area contributed by atoms with Crippen LogP contribution in [0.15, 0.2) is 47.7 Å². The number of carbonyl (C=O) groups is 2. The van der Waals surface area contributed by atoms with E-state index >= 15 is 0 Å². The van der Waals surface area contributed by atoms with Crippen molar-refractivity contribution in [3.05, 3.63) is 76.5 Å². The fraction of sp³-hybridized carbons (Fsp3) is 0.158. The molecule has 0 radical (unpaired) electrons. The molecule has 0 unspecified atom stereocenters. The molecular formula is C19H15F4N3O2. The van der Waals surface area contributed by atoms with Gasteiger partial charge in [0.2, 0.25) is 0 Å². The van der Waals surface area contributed by atoms with Gasteiger partial charge in [0.15, 0.2) is 11.6 Å². The number of rotatable bonds is 3. The molecule has 0 spiro atoms. The van der Waals surface area contributed by atoms with Crippen molar-refractivity contribution >= 4 is 17.6 Å². The van der Waals surface area contributed by atoms with Crippen LogP contribution in [0.1, 0.15) is 18.5 Å². The average Bonchev–Trinajstić information content (AvgIpc) is 2.62. The zero-order chi connectivity index (χ0) is 20.6. The number of nitrogens with zero attached hydrogens (tertiary/aromatic N) is 1. The van der Waals surface area contributed by atoms with E-state index < -0.39 is 41.2 Å². The number of amides is 3. The highest BCUT2D eigenvalue weighted by molar-refractivity contribution is 6.06. The van der Waals surface area contributed by atoms with Crippen LogP contribution in [-0.4, -0.2) is 23.9 Å². The van der Waals surface area contributed by atoms with E-state index in [2.05, 4.69) is 10.6 Å². The molecule has 28 heavy (non-hydrogen) atoms. The Labute approximate surface area is 157 Å². The first-order valence-corrected chi connectivity index (χ1v) is 8.15. The molecular weight excluding hydrogens is 378 g/mol. The minimum Gasteiger partial charge on any atom is -0.326 e. The maximum Gasteiger partial charge on any atom is 0.322 e. The molecule has 3 rings (SSSR count). The van der Waals surface area contributed by atoms with Crippen LogP contribution in [0.3, 0.4) is 0 Å². The number of urea groups is 1. The molecule has 146 valence electrons. The van der Waals surface area contributed by atoms with Crippen LogP contribution < -0.4 is 10.6 Å². The highest BCUT2D eigenvalue weighted by Crippen LogP contribution is 2.32. The van der Waals surface area contributed by atoms with Crippen molar-refractivity contribution in [3.8, 4) is 0 Å². The van der Waals surface area contributed by atoms with Gasteiger partial charge in [-0.1, -0.05) is 6.07 Å². The molecule has 5 nitrogen and oxygen atoms in total. The zero-order valence-corrected chi connectivity index (χ0v) is 14.8. The van der Waals surface area contributed by atoms with Crippen molar-refractivity contribution in [1.82, 2.24) is 10.2 Å². The van der Waals surface area contributed by atoms with Crippen LogP contribution in [0.4, 0.5) is 28.0 Å². The molecule has 2 N–H and O–H groups in total. The summed E-state index contributed by atoms with van der Waals surface area (Å²) in [6.07, 6.45) is 0. The van der Waals surface area contributed by atoms with Gasteiger partial charge in [0.1, 0.15) is 11.6 Å². The maximum absolute atomic E-state index is 14.3. The number of carbonyl (C=O) groups excluding carboxylic acids is 2. The topological polar surface area (TPSA) is 61.4 Å². The van der Waals surface area contributed by atoms with Crippen LogP contribution >= 0.6 is 0 Å². The molecule has 9 heteroatoms. The minimum absolute atomic E-state index is 0.0259. The second kappa shape index (κ2) is 7.34. The fourth-order valence-electron chi connectivity index (χ4n) is 2.87. The lowest BCUT2D eigenvalue weighted by atomic mass is 9.93. The standard InChI is InChI=1S/C19H15F4N3O2/c1-9-16(18(27)24-11-4-6-13(21)15(23)8-11)17(25-19(28)26(9)2)12-5-3-10(20)7-14(12)22/h3-8,17H,1-2H3,(H,24,27)(H,25,28)/t17-/m0/s1. The van der Waals surface area contributed by atoms with E-state index in [0.717, 1.165) is 35.2 Å². The number of allylic oxidation sites excluding steroid dienone is 1. The third-order valence-corrected chi connectivity index (χ3v) is 4.45. The summed E-state index contributed by atoms with van der Waals surface area (Å²) in [6, 6.07) is 3.78. The van der Waals surface area contributed by atoms with Crippen LogP contribution in [0, 0.1) is 23.3 Å². The van der Waals surface area contributed by atoms with Crippen LogP contribution in [0.5, 0.6) is 0 Å². The van der Waals surface area contributed by atoms with Crippen molar-refractivity contribution < 1.29 is 27.2 Å². The van der Waals surface area contributed by atoms with Gasteiger partial charge >= 0.3 is 6.03 Å². The molecule has 1 aliphatic heterocycles. The number of hydrogen-bond acceptors (Lipinski definition) is 2. The molecule has 3 amide bonds.